The van der Waals surface area contributed by atoms with Gasteiger partial charge in [0.2, 0.25) is 0 Å². The topological polar surface area (TPSA) is 105 Å². The summed E-state index contributed by atoms with van der Waals surface area (Å²) in [4.78, 5) is 10.6. The van der Waals surface area contributed by atoms with Gasteiger partial charge in [-0.3, -0.25) is 0 Å². The van der Waals surface area contributed by atoms with Crippen LogP contribution in [0.3, 0.4) is 0 Å². The van der Waals surface area contributed by atoms with E-state index < -0.39 is 16.2 Å². The van der Waals surface area contributed by atoms with E-state index in [2.05, 4.69) is 9.44 Å². The number of ether oxygens (including phenoxy) is 1. The minimum Gasteiger partial charge on any atom is -0.478 e. The van der Waals surface area contributed by atoms with Crippen molar-refractivity contribution in [3.8, 4) is 0 Å². The van der Waals surface area contributed by atoms with Crippen LogP contribution in [-0.2, 0) is 21.5 Å². The van der Waals surface area contributed by atoms with Gasteiger partial charge in [0.05, 0.1) is 12.2 Å². The maximum absolute atomic E-state index is 11.5. The molecule has 0 heterocycles. The fraction of sp³-hybridized carbons (Fsp3) is 0.364. The molecule has 1 aromatic carbocycles. The van der Waals surface area contributed by atoms with Crippen molar-refractivity contribution in [3.63, 3.8) is 0 Å². The average molecular weight is 288 g/mol. The minimum absolute atomic E-state index is 0.0855. The molecular formula is C11H16N2O5S. The molecule has 0 bridgehead atoms. The number of benzene rings is 1. The Morgan fingerprint density at radius 2 is 1.89 bits per heavy atom. The highest BCUT2D eigenvalue weighted by Gasteiger charge is 2.08. The highest BCUT2D eigenvalue weighted by Crippen LogP contribution is 2.04. The van der Waals surface area contributed by atoms with E-state index in [-0.39, 0.29) is 25.3 Å². The van der Waals surface area contributed by atoms with Gasteiger partial charge in [0.15, 0.2) is 0 Å². The van der Waals surface area contributed by atoms with E-state index in [9.17, 15) is 13.2 Å². The molecule has 106 valence electrons. The smallest absolute Gasteiger partial charge is 0.335 e. The number of rotatable bonds is 8. The highest BCUT2D eigenvalue weighted by atomic mass is 32.2. The molecule has 0 aliphatic heterocycles. The van der Waals surface area contributed by atoms with Crippen molar-refractivity contribution < 1.29 is 23.1 Å². The molecule has 3 N–H and O–H groups in total. The van der Waals surface area contributed by atoms with Crippen LogP contribution in [-0.4, -0.2) is 39.8 Å². The fourth-order valence-corrected chi connectivity index (χ4v) is 2.08. The predicted molar refractivity (Wildman–Crippen MR) is 69.0 cm³/mol. The second-order valence-electron chi connectivity index (χ2n) is 3.71. The number of hydrogen-bond donors (Lipinski definition) is 3. The molecule has 0 spiro atoms. The molecule has 0 saturated carbocycles. The third kappa shape index (κ3) is 5.79. The summed E-state index contributed by atoms with van der Waals surface area (Å²) < 4.78 is 32.3. The lowest BCUT2D eigenvalue weighted by atomic mass is 10.1. The zero-order chi connectivity index (χ0) is 14.3. The Hall–Kier alpha value is -1.48. The summed E-state index contributed by atoms with van der Waals surface area (Å²) in [6, 6.07) is 5.96. The van der Waals surface area contributed by atoms with E-state index in [0.29, 0.717) is 5.56 Å². The lowest BCUT2D eigenvalue weighted by Gasteiger charge is -2.08. The van der Waals surface area contributed by atoms with Crippen molar-refractivity contribution in [1.82, 2.24) is 9.44 Å². The molecule has 0 amide bonds. The Kier molecular flexibility index (Phi) is 5.90. The van der Waals surface area contributed by atoms with Crippen LogP contribution in [0.15, 0.2) is 24.3 Å². The number of carbonyl (C=O) groups is 1. The van der Waals surface area contributed by atoms with Crippen molar-refractivity contribution in [2.24, 2.45) is 0 Å². The number of nitrogens with one attached hydrogen (secondary N) is 2. The monoisotopic (exact) mass is 288 g/mol. The lowest BCUT2D eigenvalue weighted by Crippen LogP contribution is -2.37. The van der Waals surface area contributed by atoms with E-state index in [0.717, 1.165) is 0 Å². The average Bonchev–Trinajstić information content (AvgIpc) is 2.37. The Balaban J connectivity index is 2.49. The third-order valence-corrected chi connectivity index (χ3v) is 3.37. The van der Waals surface area contributed by atoms with Gasteiger partial charge < -0.3 is 9.84 Å². The standard InChI is InChI=1S/C11H16N2O5S/c1-18-7-6-12-19(16,17)13-8-9-2-4-10(5-3-9)11(14)15/h2-5,12-13H,6-8H2,1H3,(H,14,15). The number of carboxylic acids is 1. The van der Waals surface area contributed by atoms with E-state index in [1.54, 1.807) is 12.1 Å². The summed E-state index contributed by atoms with van der Waals surface area (Å²) in [7, 11) is -2.10. The van der Waals surface area contributed by atoms with Crippen LogP contribution in [0.25, 0.3) is 0 Å². The number of aromatic carboxylic acids is 1. The first-order valence-electron chi connectivity index (χ1n) is 5.50. The van der Waals surface area contributed by atoms with Crippen LogP contribution < -0.4 is 9.44 Å². The predicted octanol–water partition coefficient (Wildman–Crippen LogP) is -0.0448. The van der Waals surface area contributed by atoms with Crippen LogP contribution in [0, 0.1) is 0 Å². The second kappa shape index (κ2) is 7.19. The first kappa shape index (κ1) is 15.6. The molecule has 7 nitrogen and oxygen atoms in total. The van der Waals surface area contributed by atoms with Gasteiger partial charge in [-0.2, -0.15) is 17.9 Å². The number of methoxy groups -OCH3 is 1. The van der Waals surface area contributed by atoms with Gasteiger partial charge in [-0.05, 0) is 17.7 Å². The zero-order valence-electron chi connectivity index (χ0n) is 10.4. The Bertz CT molecular complexity index is 512. The molecule has 0 radical (unpaired) electrons. The summed E-state index contributed by atoms with van der Waals surface area (Å²) in [6.07, 6.45) is 0. The SMILES string of the molecule is COCCNS(=O)(=O)NCc1ccc(C(=O)O)cc1. The van der Waals surface area contributed by atoms with Crippen LogP contribution in [0.4, 0.5) is 0 Å². The maximum atomic E-state index is 11.5. The molecule has 1 rings (SSSR count). The summed E-state index contributed by atoms with van der Waals surface area (Å²) in [5, 5.41) is 8.72. The first-order chi connectivity index (χ1) is 8.94. The van der Waals surface area contributed by atoms with E-state index >= 15 is 0 Å². The molecule has 0 atom stereocenters. The maximum Gasteiger partial charge on any atom is 0.335 e. The van der Waals surface area contributed by atoms with Gasteiger partial charge >= 0.3 is 5.97 Å². The van der Waals surface area contributed by atoms with E-state index in [1.807, 2.05) is 0 Å². The van der Waals surface area contributed by atoms with Crippen LogP contribution in [0.5, 0.6) is 0 Å². The summed E-state index contributed by atoms with van der Waals surface area (Å²) >= 11 is 0. The first-order valence-corrected chi connectivity index (χ1v) is 6.98. The Morgan fingerprint density at radius 3 is 2.42 bits per heavy atom. The number of carboxylic acid groups (broad SMARTS) is 1. The van der Waals surface area contributed by atoms with Gasteiger partial charge in [-0.15, -0.1) is 0 Å². The van der Waals surface area contributed by atoms with E-state index in [1.165, 1.54) is 19.2 Å². The lowest BCUT2D eigenvalue weighted by molar-refractivity contribution is 0.0697. The third-order valence-electron chi connectivity index (χ3n) is 2.27. The fourth-order valence-electron chi connectivity index (χ4n) is 1.27. The van der Waals surface area contributed by atoms with Crippen molar-refractivity contribution >= 4 is 16.2 Å². The Morgan fingerprint density at radius 1 is 1.26 bits per heavy atom. The summed E-state index contributed by atoms with van der Waals surface area (Å²) in [5.74, 6) is -1.02. The zero-order valence-corrected chi connectivity index (χ0v) is 11.2. The normalized spacial score (nSPS) is 11.4. The van der Waals surface area contributed by atoms with Crippen LogP contribution in [0.1, 0.15) is 15.9 Å². The van der Waals surface area contributed by atoms with Crippen LogP contribution >= 0.6 is 0 Å². The van der Waals surface area contributed by atoms with Gasteiger partial charge in [0.25, 0.3) is 10.2 Å². The molecule has 19 heavy (non-hydrogen) atoms. The molecule has 0 saturated heterocycles. The molecule has 1 aromatic rings. The van der Waals surface area contributed by atoms with Gasteiger partial charge in [-0.1, -0.05) is 12.1 Å². The van der Waals surface area contributed by atoms with Gasteiger partial charge in [0, 0.05) is 20.2 Å². The highest BCUT2D eigenvalue weighted by molar-refractivity contribution is 7.87. The minimum atomic E-state index is -3.57. The molecule has 0 aliphatic carbocycles. The molecule has 0 fully saturated rings. The summed E-state index contributed by atoms with van der Waals surface area (Å²) in [5.41, 5.74) is 0.826. The number of hydrogen-bond acceptors (Lipinski definition) is 4. The molecule has 8 heteroatoms. The van der Waals surface area contributed by atoms with E-state index in [4.69, 9.17) is 9.84 Å². The Labute approximate surface area is 111 Å². The molecule has 0 aromatic heterocycles. The largest absolute Gasteiger partial charge is 0.478 e. The van der Waals surface area contributed by atoms with Gasteiger partial charge in [0.1, 0.15) is 0 Å². The van der Waals surface area contributed by atoms with Crippen molar-refractivity contribution in [3.05, 3.63) is 35.4 Å². The van der Waals surface area contributed by atoms with Crippen molar-refractivity contribution in [2.45, 2.75) is 6.54 Å². The second-order valence-corrected chi connectivity index (χ2v) is 5.30. The molecular weight excluding hydrogens is 272 g/mol. The molecule has 0 aliphatic rings. The van der Waals surface area contributed by atoms with Crippen molar-refractivity contribution in [1.29, 1.82) is 0 Å². The molecule has 0 unspecified atom stereocenters. The summed E-state index contributed by atoms with van der Waals surface area (Å²) in [6.45, 7) is 0.556. The van der Waals surface area contributed by atoms with Crippen LogP contribution in [0.2, 0.25) is 0 Å². The van der Waals surface area contributed by atoms with Crippen molar-refractivity contribution in [2.75, 3.05) is 20.3 Å². The van der Waals surface area contributed by atoms with Gasteiger partial charge in [-0.25, -0.2) is 4.79 Å². The quantitative estimate of drug-likeness (QED) is 0.582.